The minimum atomic E-state index is -0.566. The van der Waals surface area contributed by atoms with E-state index >= 15 is 0 Å². The second-order valence-corrected chi connectivity index (χ2v) is 4.70. The predicted molar refractivity (Wildman–Crippen MR) is 74.5 cm³/mol. The van der Waals surface area contributed by atoms with Gasteiger partial charge in [0, 0.05) is 11.4 Å². The molecule has 0 aliphatic carbocycles. The average molecular weight is 338 g/mol. The van der Waals surface area contributed by atoms with Gasteiger partial charge in [-0.05, 0) is 35.4 Å². The summed E-state index contributed by atoms with van der Waals surface area (Å²) in [6.45, 7) is 0.139. The summed E-state index contributed by atoms with van der Waals surface area (Å²) in [5, 5.41) is 9.27. The lowest BCUT2D eigenvalue weighted by atomic mass is 10.1. The number of nitrogens with zero attached hydrogens (tertiary/aromatic N) is 1. The van der Waals surface area contributed by atoms with Crippen LogP contribution in [0.4, 0.5) is 8.78 Å². The van der Waals surface area contributed by atoms with Crippen molar-refractivity contribution >= 4 is 15.9 Å². The molecule has 0 radical (unpaired) electrons. The zero-order valence-corrected chi connectivity index (χ0v) is 12.0. The molecule has 0 atom stereocenters. The van der Waals surface area contributed by atoms with E-state index in [1.807, 2.05) is 0 Å². The fourth-order valence-electron chi connectivity index (χ4n) is 1.70. The molecule has 0 bridgehead atoms. The van der Waals surface area contributed by atoms with E-state index in [0.29, 0.717) is 16.6 Å². The monoisotopic (exact) mass is 337 g/mol. The van der Waals surface area contributed by atoms with E-state index in [2.05, 4.69) is 15.9 Å². The van der Waals surface area contributed by atoms with E-state index in [9.17, 15) is 8.78 Å². The average Bonchev–Trinajstić information content (AvgIpc) is 2.45. The molecule has 20 heavy (non-hydrogen) atoms. The first kappa shape index (κ1) is 14.5. The molecule has 0 saturated heterocycles. The molecule has 0 fully saturated rings. The molecule has 0 heterocycles. The fourth-order valence-corrected chi connectivity index (χ4v) is 2.02. The van der Waals surface area contributed by atoms with Crippen LogP contribution in [0.5, 0.6) is 5.75 Å². The lowest BCUT2D eigenvalue weighted by Crippen LogP contribution is -1.98. The maximum Gasteiger partial charge on any atom is 0.140 e. The first-order valence-electron chi connectivity index (χ1n) is 5.79. The minimum absolute atomic E-state index is 0.0357. The van der Waals surface area contributed by atoms with Gasteiger partial charge in [-0.15, -0.1) is 0 Å². The van der Waals surface area contributed by atoms with Crippen molar-refractivity contribution in [2.45, 2.75) is 11.9 Å². The Morgan fingerprint density at radius 3 is 2.60 bits per heavy atom. The molecule has 2 aromatic carbocycles. The Kier molecular flexibility index (Phi) is 4.70. The Morgan fingerprint density at radius 2 is 1.90 bits per heavy atom. The summed E-state index contributed by atoms with van der Waals surface area (Å²) in [6, 6.07) is 10.3. The highest BCUT2D eigenvalue weighted by Gasteiger charge is 2.05. The Morgan fingerprint density at radius 1 is 1.10 bits per heavy atom. The van der Waals surface area contributed by atoms with Crippen LogP contribution >= 0.6 is 15.9 Å². The van der Waals surface area contributed by atoms with Gasteiger partial charge >= 0.3 is 0 Å². The van der Waals surface area contributed by atoms with E-state index in [-0.39, 0.29) is 18.0 Å². The highest BCUT2D eigenvalue weighted by atomic mass is 79.9. The first-order chi connectivity index (χ1) is 9.62. The van der Waals surface area contributed by atoms with Crippen LogP contribution in [0.25, 0.3) is 0 Å². The third-order valence-electron chi connectivity index (χ3n) is 2.64. The standard InChI is InChI=1S/C15H10BrF2NO/c16-7-11-4-13(17)6-14(5-11)20-9-10-1-2-15(18)12(3-10)8-19/h1-6H,7,9H2. The van der Waals surface area contributed by atoms with Crippen LogP contribution in [0, 0.1) is 23.0 Å². The third kappa shape index (κ3) is 3.55. The molecule has 0 aliphatic rings. The summed E-state index contributed by atoms with van der Waals surface area (Å²) in [6.07, 6.45) is 0. The van der Waals surface area contributed by atoms with Gasteiger partial charge in [0.25, 0.3) is 0 Å². The lowest BCUT2D eigenvalue weighted by Gasteiger charge is -2.08. The van der Waals surface area contributed by atoms with Crippen LogP contribution in [0.3, 0.4) is 0 Å². The molecule has 102 valence electrons. The van der Waals surface area contributed by atoms with Crippen LogP contribution in [-0.2, 0) is 11.9 Å². The number of rotatable bonds is 4. The van der Waals surface area contributed by atoms with Gasteiger partial charge in [-0.3, -0.25) is 0 Å². The molecule has 0 amide bonds. The lowest BCUT2D eigenvalue weighted by molar-refractivity contribution is 0.304. The molecular formula is C15H10BrF2NO. The molecule has 0 spiro atoms. The maximum atomic E-state index is 13.3. The van der Waals surface area contributed by atoms with Crippen LogP contribution in [-0.4, -0.2) is 0 Å². The van der Waals surface area contributed by atoms with Crippen LogP contribution in [0.1, 0.15) is 16.7 Å². The Bertz CT molecular complexity index is 667. The number of benzene rings is 2. The quantitative estimate of drug-likeness (QED) is 0.779. The Balaban J connectivity index is 2.13. The summed E-state index contributed by atoms with van der Waals surface area (Å²) in [7, 11) is 0. The van der Waals surface area contributed by atoms with Gasteiger partial charge in [-0.1, -0.05) is 22.0 Å². The van der Waals surface area contributed by atoms with Gasteiger partial charge in [-0.2, -0.15) is 5.26 Å². The van der Waals surface area contributed by atoms with Crippen LogP contribution < -0.4 is 4.74 Å². The van der Waals surface area contributed by atoms with Crippen molar-refractivity contribution in [1.82, 2.24) is 0 Å². The smallest absolute Gasteiger partial charge is 0.140 e. The van der Waals surface area contributed by atoms with Crippen LogP contribution in [0.15, 0.2) is 36.4 Å². The summed E-state index contributed by atoms with van der Waals surface area (Å²) in [5.74, 6) is -0.556. The molecule has 2 nitrogen and oxygen atoms in total. The third-order valence-corrected chi connectivity index (χ3v) is 3.29. The number of hydrogen-bond donors (Lipinski definition) is 0. The molecule has 0 unspecified atom stereocenters. The molecule has 0 aromatic heterocycles. The minimum Gasteiger partial charge on any atom is -0.489 e. The van der Waals surface area contributed by atoms with Crippen molar-refractivity contribution in [3.8, 4) is 11.8 Å². The van der Waals surface area contributed by atoms with E-state index in [1.165, 1.54) is 30.3 Å². The van der Waals surface area contributed by atoms with Gasteiger partial charge < -0.3 is 4.74 Å². The summed E-state index contributed by atoms with van der Waals surface area (Å²) >= 11 is 3.25. The van der Waals surface area contributed by atoms with Crippen molar-refractivity contribution in [1.29, 1.82) is 5.26 Å². The van der Waals surface area contributed by atoms with Gasteiger partial charge in [-0.25, -0.2) is 8.78 Å². The van der Waals surface area contributed by atoms with E-state index in [1.54, 1.807) is 12.1 Å². The van der Waals surface area contributed by atoms with E-state index in [4.69, 9.17) is 10.00 Å². The van der Waals surface area contributed by atoms with E-state index < -0.39 is 5.82 Å². The van der Waals surface area contributed by atoms with Gasteiger partial charge in [0.15, 0.2) is 0 Å². The van der Waals surface area contributed by atoms with Crippen molar-refractivity contribution < 1.29 is 13.5 Å². The molecular weight excluding hydrogens is 328 g/mol. The largest absolute Gasteiger partial charge is 0.489 e. The number of ether oxygens (including phenoxy) is 1. The molecule has 5 heteroatoms. The molecule has 0 aliphatic heterocycles. The van der Waals surface area contributed by atoms with Crippen molar-refractivity contribution in [2.75, 3.05) is 0 Å². The van der Waals surface area contributed by atoms with Gasteiger partial charge in [0.05, 0.1) is 5.56 Å². The first-order valence-corrected chi connectivity index (χ1v) is 6.91. The maximum absolute atomic E-state index is 13.3. The number of nitriles is 1. The zero-order chi connectivity index (χ0) is 14.5. The second kappa shape index (κ2) is 6.49. The molecule has 0 saturated carbocycles. The van der Waals surface area contributed by atoms with Crippen molar-refractivity contribution in [3.63, 3.8) is 0 Å². The normalized spacial score (nSPS) is 10.1. The predicted octanol–water partition coefficient (Wildman–Crippen LogP) is 4.31. The SMILES string of the molecule is N#Cc1cc(COc2cc(F)cc(CBr)c2)ccc1F. The van der Waals surface area contributed by atoms with E-state index in [0.717, 1.165) is 5.56 Å². The topological polar surface area (TPSA) is 33.0 Å². The number of alkyl halides is 1. The van der Waals surface area contributed by atoms with Crippen molar-refractivity contribution in [2.24, 2.45) is 0 Å². The Hall–Kier alpha value is -1.93. The zero-order valence-electron chi connectivity index (χ0n) is 10.4. The molecule has 2 aromatic rings. The van der Waals surface area contributed by atoms with Gasteiger partial charge in [0.2, 0.25) is 0 Å². The summed E-state index contributed by atoms with van der Waals surface area (Å²) < 4.78 is 31.9. The molecule has 0 N–H and O–H groups in total. The summed E-state index contributed by atoms with van der Waals surface area (Å²) in [4.78, 5) is 0. The number of hydrogen-bond acceptors (Lipinski definition) is 2. The Labute approximate surface area is 123 Å². The molecule has 2 rings (SSSR count). The van der Waals surface area contributed by atoms with Crippen LogP contribution in [0.2, 0.25) is 0 Å². The highest BCUT2D eigenvalue weighted by Crippen LogP contribution is 2.20. The van der Waals surface area contributed by atoms with Crippen molar-refractivity contribution in [3.05, 3.63) is 64.7 Å². The fraction of sp³-hybridized carbons (Fsp3) is 0.133. The second-order valence-electron chi connectivity index (χ2n) is 4.14. The van der Waals surface area contributed by atoms with Gasteiger partial charge in [0.1, 0.15) is 30.1 Å². The highest BCUT2D eigenvalue weighted by molar-refractivity contribution is 9.08. The number of halogens is 3. The summed E-state index contributed by atoms with van der Waals surface area (Å²) in [5.41, 5.74) is 1.37.